The predicted molar refractivity (Wildman–Crippen MR) is 164 cm³/mol. The second kappa shape index (κ2) is 9.69. The van der Waals surface area contributed by atoms with E-state index in [1.54, 1.807) is 0 Å². The SMILES string of the molecule is CC.Clc1nc(-c2ccccc2)nc(-c2cccc3c2-c2ccccc2C32C3=C(CCC=C3)c3ccccc32)n1. The van der Waals surface area contributed by atoms with Crippen LogP contribution in [0.25, 0.3) is 39.5 Å². The van der Waals surface area contributed by atoms with Crippen LogP contribution in [-0.2, 0) is 5.41 Å². The lowest BCUT2D eigenvalue weighted by molar-refractivity contribution is 0.780. The molecule has 0 amide bonds. The van der Waals surface area contributed by atoms with Gasteiger partial charge in [-0.25, -0.2) is 4.98 Å². The molecule has 0 fully saturated rings. The Kier molecular flexibility index (Phi) is 5.98. The van der Waals surface area contributed by atoms with Gasteiger partial charge in [0.05, 0.1) is 5.41 Å². The molecular weight excluding hydrogens is 510 g/mol. The molecule has 1 spiro atoms. The van der Waals surface area contributed by atoms with Crippen molar-refractivity contribution in [1.29, 1.82) is 0 Å². The van der Waals surface area contributed by atoms with Crippen molar-refractivity contribution >= 4 is 17.2 Å². The standard InChI is InChI=1S/C34H22ClN3.C2H6/c35-33-37-31(21-11-2-1-3-12-21)36-32(38-33)25-16-10-20-29-30(25)24-15-6-9-19-28(24)34(29)26-17-7-4-13-22(26)23-14-5-8-18-27(23)34;1-2/h1-4,6-13,15-20H,5,14H2;1-2H3. The van der Waals surface area contributed by atoms with Gasteiger partial charge in [-0.05, 0) is 69.0 Å². The quantitative estimate of drug-likeness (QED) is 0.225. The van der Waals surface area contributed by atoms with Gasteiger partial charge >= 0.3 is 0 Å². The van der Waals surface area contributed by atoms with Gasteiger partial charge < -0.3 is 0 Å². The van der Waals surface area contributed by atoms with Crippen molar-refractivity contribution < 1.29 is 0 Å². The summed E-state index contributed by atoms with van der Waals surface area (Å²) in [5, 5.41) is 0.193. The van der Waals surface area contributed by atoms with E-state index in [2.05, 4.69) is 88.9 Å². The normalized spacial score (nSPS) is 17.6. The number of allylic oxidation sites excluding steroid dienone is 4. The second-order valence-corrected chi connectivity index (χ2v) is 10.4. The van der Waals surface area contributed by atoms with E-state index >= 15 is 0 Å². The highest BCUT2D eigenvalue weighted by Gasteiger charge is 2.52. The van der Waals surface area contributed by atoms with Crippen LogP contribution < -0.4 is 0 Å². The molecule has 1 atom stereocenters. The summed E-state index contributed by atoms with van der Waals surface area (Å²) >= 11 is 6.50. The van der Waals surface area contributed by atoms with Crippen molar-refractivity contribution in [2.24, 2.45) is 0 Å². The van der Waals surface area contributed by atoms with Gasteiger partial charge in [0.25, 0.3) is 0 Å². The van der Waals surface area contributed by atoms with E-state index in [-0.39, 0.29) is 10.7 Å². The van der Waals surface area contributed by atoms with Gasteiger partial charge in [0, 0.05) is 11.1 Å². The lowest BCUT2D eigenvalue weighted by Gasteiger charge is -2.32. The molecule has 0 saturated carbocycles. The minimum Gasteiger partial charge on any atom is -0.208 e. The van der Waals surface area contributed by atoms with Crippen molar-refractivity contribution in [3.05, 3.63) is 142 Å². The summed E-state index contributed by atoms with van der Waals surface area (Å²) in [4.78, 5) is 14.0. The highest BCUT2D eigenvalue weighted by Crippen LogP contribution is 2.64. The number of rotatable bonds is 2. The molecule has 194 valence electrons. The number of aromatic nitrogens is 3. The van der Waals surface area contributed by atoms with Gasteiger partial charge in [-0.15, -0.1) is 0 Å². The van der Waals surface area contributed by atoms with Crippen LogP contribution in [0.4, 0.5) is 0 Å². The lowest BCUT2D eigenvalue weighted by atomic mass is 9.69. The minimum atomic E-state index is -0.357. The van der Waals surface area contributed by atoms with E-state index in [1.165, 1.54) is 44.5 Å². The van der Waals surface area contributed by atoms with Crippen LogP contribution in [0.1, 0.15) is 48.9 Å². The molecule has 1 aromatic heterocycles. The maximum absolute atomic E-state index is 6.50. The van der Waals surface area contributed by atoms with Crippen LogP contribution in [-0.4, -0.2) is 15.0 Å². The summed E-state index contributed by atoms with van der Waals surface area (Å²) in [5.41, 5.74) is 12.1. The molecule has 4 aromatic carbocycles. The summed E-state index contributed by atoms with van der Waals surface area (Å²) in [6.07, 6.45) is 6.83. The van der Waals surface area contributed by atoms with Crippen LogP contribution in [0.2, 0.25) is 5.28 Å². The summed E-state index contributed by atoms with van der Waals surface area (Å²) in [5.74, 6) is 1.16. The zero-order valence-corrected chi connectivity index (χ0v) is 23.3. The maximum atomic E-state index is 6.50. The fraction of sp³-hybridized carbons (Fsp3) is 0.139. The molecule has 1 heterocycles. The van der Waals surface area contributed by atoms with Crippen LogP contribution in [0, 0.1) is 0 Å². The van der Waals surface area contributed by atoms with Crippen molar-refractivity contribution in [1.82, 2.24) is 15.0 Å². The number of nitrogens with zero attached hydrogens (tertiary/aromatic N) is 3. The Morgan fingerprint density at radius 3 is 2.05 bits per heavy atom. The third-order valence-corrected chi connectivity index (χ3v) is 8.35. The average molecular weight is 538 g/mol. The number of halogens is 1. The zero-order valence-electron chi connectivity index (χ0n) is 22.5. The molecule has 8 rings (SSSR count). The second-order valence-electron chi connectivity index (χ2n) is 10.0. The molecule has 40 heavy (non-hydrogen) atoms. The van der Waals surface area contributed by atoms with Gasteiger partial charge in [0.2, 0.25) is 5.28 Å². The molecule has 0 aliphatic heterocycles. The molecule has 0 radical (unpaired) electrons. The summed E-state index contributed by atoms with van der Waals surface area (Å²) in [7, 11) is 0. The first-order chi connectivity index (χ1) is 19.8. The smallest absolute Gasteiger partial charge is 0.208 e. The van der Waals surface area contributed by atoms with E-state index in [0.717, 1.165) is 24.0 Å². The molecule has 0 saturated heterocycles. The molecule has 3 aliphatic rings. The summed E-state index contributed by atoms with van der Waals surface area (Å²) < 4.78 is 0. The van der Waals surface area contributed by atoms with Crippen LogP contribution >= 0.6 is 11.6 Å². The number of benzene rings is 4. The van der Waals surface area contributed by atoms with Crippen molar-refractivity contribution in [2.45, 2.75) is 32.1 Å². The molecular formula is C36H28ClN3. The first kappa shape index (κ1) is 24.7. The zero-order chi connectivity index (χ0) is 27.3. The molecule has 0 N–H and O–H groups in total. The largest absolute Gasteiger partial charge is 0.226 e. The van der Waals surface area contributed by atoms with E-state index in [0.29, 0.717) is 11.6 Å². The Labute approximate surface area is 240 Å². The van der Waals surface area contributed by atoms with E-state index in [9.17, 15) is 0 Å². The van der Waals surface area contributed by atoms with Crippen LogP contribution in [0.5, 0.6) is 0 Å². The number of hydrogen-bond acceptors (Lipinski definition) is 3. The predicted octanol–water partition coefficient (Wildman–Crippen LogP) is 9.32. The van der Waals surface area contributed by atoms with E-state index in [1.807, 2.05) is 44.2 Å². The average Bonchev–Trinajstić information content (AvgIpc) is 3.50. The lowest BCUT2D eigenvalue weighted by Crippen LogP contribution is -2.27. The fourth-order valence-corrected chi connectivity index (χ4v) is 6.96. The third-order valence-electron chi connectivity index (χ3n) is 8.18. The van der Waals surface area contributed by atoms with Gasteiger partial charge in [-0.2, -0.15) is 9.97 Å². The van der Waals surface area contributed by atoms with Gasteiger partial charge in [-0.1, -0.05) is 123 Å². The number of fused-ring (bicyclic) bond motifs is 9. The van der Waals surface area contributed by atoms with E-state index < -0.39 is 0 Å². The Balaban J connectivity index is 0.00000130. The van der Waals surface area contributed by atoms with Crippen molar-refractivity contribution in [3.63, 3.8) is 0 Å². The number of hydrogen-bond donors (Lipinski definition) is 0. The van der Waals surface area contributed by atoms with Crippen LogP contribution in [0.3, 0.4) is 0 Å². The monoisotopic (exact) mass is 537 g/mol. The molecule has 4 heteroatoms. The highest BCUT2D eigenvalue weighted by atomic mass is 35.5. The fourth-order valence-electron chi connectivity index (χ4n) is 6.80. The van der Waals surface area contributed by atoms with Gasteiger partial charge in [0.1, 0.15) is 0 Å². The summed E-state index contributed by atoms with van der Waals surface area (Å²) in [6.45, 7) is 4.00. The van der Waals surface area contributed by atoms with E-state index in [4.69, 9.17) is 16.6 Å². The topological polar surface area (TPSA) is 38.7 Å². The maximum Gasteiger partial charge on any atom is 0.226 e. The Bertz CT molecular complexity index is 1840. The molecule has 1 unspecified atom stereocenters. The van der Waals surface area contributed by atoms with Crippen LogP contribution in [0.15, 0.2) is 115 Å². The Morgan fingerprint density at radius 2 is 1.25 bits per heavy atom. The highest BCUT2D eigenvalue weighted by molar-refractivity contribution is 6.28. The molecule has 5 aromatic rings. The third kappa shape index (κ3) is 3.41. The Hall–Kier alpha value is -4.34. The first-order valence-corrected chi connectivity index (χ1v) is 14.4. The minimum absolute atomic E-state index is 0.193. The Morgan fingerprint density at radius 1 is 0.625 bits per heavy atom. The summed E-state index contributed by atoms with van der Waals surface area (Å²) in [6, 6.07) is 34.2. The van der Waals surface area contributed by atoms with Gasteiger partial charge in [0.15, 0.2) is 11.6 Å². The van der Waals surface area contributed by atoms with Crippen molar-refractivity contribution in [2.75, 3.05) is 0 Å². The van der Waals surface area contributed by atoms with Crippen molar-refractivity contribution in [3.8, 4) is 33.9 Å². The van der Waals surface area contributed by atoms with Gasteiger partial charge in [-0.3, -0.25) is 0 Å². The molecule has 0 bridgehead atoms. The first-order valence-electron chi connectivity index (χ1n) is 14.0. The molecule has 3 aliphatic carbocycles. The molecule has 3 nitrogen and oxygen atoms in total.